The van der Waals surface area contributed by atoms with Crippen LogP contribution in [-0.2, 0) is 18.3 Å². The molecule has 7 nitrogen and oxygen atoms in total. The number of aromatic nitrogens is 4. The number of hydrogen-bond acceptors (Lipinski definition) is 5. The van der Waals surface area contributed by atoms with Gasteiger partial charge in [0.2, 0.25) is 11.7 Å². The number of amides is 1. The molecule has 23 heavy (non-hydrogen) atoms. The summed E-state index contributed by atoms with van der Waals surface area (Å²) in [5, 5.41) is 8.27. The van der Waals surface area contributed by atoms with E-state index < -0.39 is 0 Å². The van der Waals surface area contributed by atoms with Crippen molar-refractivity contribution in [2.75, 3.05) is 4.90 Å². The van der Waals surface area contributed by atoms with Crippen molar-refractivity contribution in [1.29, 1.82) is 0 Å². The molecule has 4 rings (SSSR count). The quantitative estimate of drug-likeness (QED) is 0.724. The monoisotopic (exact) mass is 309 g/mol. The van der Waals surface area contributed by atoms with Crippen molar-refractivity contribution in [3.63, 3.8) is 0 Å². The van der Waals surface area contributed by atoms with E-state index in [0.717, 1.165) is 11.3 Å². The van der Waals surface area contributed by atoms with Crippen molar-refractivity contribution < 1.29 is 9.32 Å². The first kappa shape index (κ1) is 13.7. The van der Waals surface area contributed by atoms with Crippen LogP contribution in [0.5, 0.6) is 0 Å². The molecule has 0 N–H and O–H groups in total. The molecule has 116 valence electrons. The van der Waals surface area contributed by atoms with Crippen molar-refractivity contribution in [1.82, 2.24) is 19.9 Å². The Bertz CT molecular complexity index is 882. The number of rotatable bonds is 2. The van der Waals surface area contributed by atoms with Crippen LogP contribution in [0.25, 0.3) is 11.5 Å². The maximum Gasteiger partial charge on any atom is 0.250 e. The van der Waals surface area contributed by atoms with E-state index in [4.69, 9.17) is 4.52 Å². The summed E-state index contributed by atoms with van der Waals surface area (Å²) in [6.45, 7) is 1.55. The zero-order chi connectivity index (χ0) is 16.0. The Morgan fingerprint density at radius 2 is 2.13 bits per heavy atom. The second kappa shape index (κ2) is 5.05. The van der Waals surface area contributed by atoms with Crippen molar-refractivity contribution >= 4 is 11.6 Å². The van der Waals surface area contributed by atoms with E-state index in [2.05, 4.69) is 15.2 Å². The van der Waals surface area contributed by atoms with Gasteiger partial charge in [0.1, 0.15) is 11.7 Å². The van der Waals surface area contributed by atoms with Gasteiger partial charge >= 0.3 is 0 Å². The molecule has 7 heteroatoms. The molecule has 1 aliphatic rings. The Morgan fingerprint density at radius 1 is 1.30 bits per heavy atom. The lowest BCUT2D eigenvalue weighted by molar-refractivity contribution is -0.117. The number of benzene rings is 1. The second-order valence-corrected chi connectivity index (χ2v) is 5.57. The lowest BCUT2D eigenvalue weighted by Gasteiger charge is -2.20. The summed E-state index contributed by atoms with van der Waals surface area (Å²) in [7, 11) is 1.83. The molecule has 0 spiro atoms. The first-order valence-electron chi connectivity index (χ1n) is 7.35. The van der Waals surface area contributed by atoms with Crippen LogP contribution in [0.15, 0.2) is 41.1 Å². The summed E-state index contributed by atoms with van der Waals surface area (Å²) in [6, 6.07) is 9.39. The van der Waals surface area contributed by atoms with Crippen LogP contribution in [0.2, 0.25) is 0 Å². The molecule has 1 atom stereocenters. The van der Waals surface area contributed by atoms with Gasteiger partial charge in [0.05, 0.1) is 0 Å². The third-order valence-electron chi connectivity index (χ3n) is 3.98. The molecule has 3 heterocycles. The highest BCUT2D eigenvalue weighted by Crippen LogP contribution is 2.39. The van der Waals surface area contributed by atoms with E-state index >= 15 is 0 Å². The zero-order valence-electron chi connectivity index (χ0n) is 12.8. The topological polar surface area (TPSA) is 77.1 Å². The summed E-state index contributed by atoms with van der Waals surface area (Å²) >= 11 is 0. The van der Waals surface area contributed by atoms with E-state index in [0.29, 0.717) is 23.8 Å². The van der Waals surface area contributed by atoms with Crippen molar-refractivity contribution in [2.24, 2.45) is 7.05 Å². The summed E-state index contributed by atoms with van der Waals surface area (Å²) in [4.78, 5) is 18.3. The fraction of sp³-hybridized carbons (Fsp3) is 0.250. The van der Waals surface area contributed by atoms with E-state index in [9.17, 15) is 4.79 Å². The van der Waals surface area contributed by atoms with Gasteiger partial charge in [-0.2, -0.15) is 10.1 Å². The Hall–Kier alpha value is -2.96. The van der Waals surface area contributed by atoms with Crippen molar-refractivity contribution in [3.8, 4) is 11.5 Å². The minimum absolute atomic E-state index is 0.0439. The summed E-state index contributed by atoms with van der Waals surface area (Å²) in [6.07, 6.45) is 2.48. The number of hydrogen-bond donors (Lipinski definition) is 0. The Labute approximate surface area is 132 Å². The van der Waals surface area contributed by atoms with Crippen LogP contribution in [0, 0.1) is 0 Å². The van der Waals surface area contributed by atoms with E-state index in [-0.39, 0.29) is 11.9 Å². The number of nitrogens with zero attached hydrogens (tertiary/aromatic N) is 5. The fourth-order valence-electron chi connectivity index (χ4n) is 2.98. The van der Waals surface area contributed by atoms with Crippen LogP contribution in [0.1, 0.15) is 24.4 Å². The van der Waals surface area contributed by atoms with Gasteiger partial charge in [-0.1, -0.05) is 23.4 Å². The number of para-hydroxylation sites is 1. The molecule has 3 aromatic rings. The molecule has 0 bridgehead atoms. The molecule has 0 aliphatic carbocycles. The van der Waals surface area contributed by atoms with Crippen LogP contribution in [0.3, 0.4) is 0 Å². The van der Waals surface area contributed by atoms with Crippen LogP contribution in [-0.4, -0.2) is 25.8 Å². The Balaban J connectivity index is 1.71. The highest BCUT2D eigenvalue weighted by Gasteiger charge is 2.36. The average Bonchev–Trinajstić information content (AvgIpc) is 3.23. The van der Waals surface area contributed by atoms with Gasteiger partial charge in [0.15, 0.2) is 0 Å². The average molecular weight is 309 g/mol. The summed E-state index contributed by atoms with van der Waals surface area (Å²) < 4.78 is 7.10. The standard InChI is InChI=1S/C16H15N5O2/c1-10(22)21-13-6-4-3-5-11(13)9-14(21)16-17-15(19-23-16)12-7-8-20(2)18-12/h3-8,14H,9H2,1-2H3/t14-/m0/s1. The lowest BCUT2D eigenvalue weighted by Crippen LogP contribution is -2.30. The third kappa shape index (κ3) is 2.21. The van der Waals surface area contributed by atoms with Gasteiger partial charge in [0, 0.05) is 32.3 Å². The lowest BCUT2D eigenvalue weighted by atomic mass is 10.1. The van der Waals surface area contributed by atoms with Gasteiger partial charge in [-0.3, -0.25) is 14.4 Å². The normalized spacial score (nSPS) is 16.6. The molecule has 0 radical (unpaired) electrons. The van der Waals surface area contributed by atoms with E-state index in [1.165, 1.54) is 0 Å². The smallest absolute Gasteiger partial charge is 0.250 e. The first-order valence-corrected chi connectivity index (χ1v) is 7.35. The van der Waals surface area contributed by atoms with Gasteiger partial charge in [-0.15, -0.1) is 0 Å². The SMILES string of the molecule is CC(=O)N1c2ccccc2C[C@H]1c1nc(-c2ccn(C)n2)no1. The van der Waals surface area contributed by atoms with Crippen LogP contribution in [0.4, 0.5) is 5.69 Å². The maximum atomic E-state index is 12.1. The molecule has 0 saturated carbocycles. The Morgan fingerprint density at radius 3 is 2.87 bits per heavy atom. The summed E-state index contributed by atoms with van der Waals surface area (Å²) in [5.74, 6) is 0.814. The number of carbonyl (C=O) groups excluding carboxylic acids is 1. The highest BCUT2D eigenvalue weighted by atomic mass is 16.5. The van der Waals surface area contributed by atoms with Gasteiger partial charge in [-0.25, -0.2) is 0 Å². The fourth-order valence-corrected chi connectivity index (χ4v) is 2.98. The number of aryl methyl sites for hydroxylation is 1. The van der Waals surface area contributed by atoms with E-state index in [1.54, 1.807) is 16.5 Å². The van der Waals surface area contributed by atoms with Gasteiger partial charge in [0.25, 0.3) is 5.89 Å². The molecule has 0 unspecified atom stereocenters. The molecule has 1 aromatic carbocycles. The molecule has 1 amide bonds. The van der Waals surface area contributed by atoms with E-state index in [1.807, 2.05) is 43.6 Å². The molecule has 0 fully saturated rings. The first-order chi connectivity index (χ1) is 11.1. The molecular weight excluding hydrogens is 294 g/mol. The molecular formula is C16H15N5O2. The van der Waals surface area contributed by atoms with Crippen molar-refractivity contribution in [3.05, 3.63) is 48.0 Å². The zero-order valence-corrected chi connectivity index (χ0v) is 12.8. The number of carbonyl (C=O) groups is 1. The number of anilines is 1. The predicted molar refractivity (Wildman–Crippen MR) is 82.5 cm³/mol. The minimum atomic E-state index is -0.269. The molecule has 0 saturated heterocycles. The second-order valence-electron chi connectivity index (χ2n) is 5.57. The minimum Gasteiger partial charge on any atom is -0.337 e. The largest absolute Gasteiger partial charge is 0.337 e. The Kier molecular flexibility index (Phi) is 3.00. The molecule has 1 aliphatic heterocycles. The van der Waals surface area contributed by atoms with Gasteiger partial charge in [-0.05, 0) is 17.7 Å². The maximum absolute atomic E-state index is 12.1. The van der Waals surface area contributed by atoms with Crippen LogP contribution < -0.4 is 4.90 Å². The summed E-state index contributed by atoms with van der Waals surface area (Å²) in [5.41, 5.74) is 2.65. The van der Waals surface area contributed by atoms with Crippen molar-refractivity contribution in [2.45, 2.75) is 19.4 Å². The highest BCUT2D eigenvalue weighted by molar-refractivity contribution is 5.94. The molecule has 2 aromatic heterocycles. The van der Waals surface area contributed by atoms with Gasteiger partial charge < -0.3 is 4.52 Å². The number of fused-ring (bicyclic) bond motifs is 1. The van der Waals surface area contributed by atoms with Crippen LogP contribution >= 0.6 is 0 Å². The predicted octanol–water partition coefficient (Wildman–Crippen LogP) is 2.12. The third-order valence-corrected chi connectivity index (χ3v) is 3.98.